The Bertz CT molecular complexity index is 906. The highest BCUT2D eigenvalue weighted by Gasteiger charge is 2.14. The first-order valence-corrected chi connectivity index (χ1v) is 7.58. The summed E-state index contributed by atoms with van der Waals surface area (Å²) < 4.78 is 5.19. The molecule has 2 amide bonds. The zero-order chi connectivity index (χ0) is 17.6. The van der Waals surface area contributed by atoms with Gasteiger partial charge in [-0.05, 0) is 18.2 Å². The van der Waals surface area contributed by atoms with Crippen molar-refractivity contribution < 1.29 is 14.3 Å². The summed E-state index contributed by atoms with van der Waals surface area (Å²) in [6, 6.07) is 14.5. The molecule has 0 saturated carbocycles. The molecule has 0 unspecified atom stereocenters. The van der Waals surface area contributed by atoms with Crippen LogP contribution in [0.4, 0.5) is 5.69 Å². The highest BCUT2D eigenvalue weighted by molar-refractivity contribution is 6.05. The summed E-state index contributed by atoms with van der Waals surface area (Å²) in [6.07, 6.45) is 0. The summed E-state index contributed by atoms with van der Waals surface area (Å²) in [4.78, 5) is 24.0. The van der Waals surface area contributed by atoms with Gasteiger partial charge >= 0.3 is 0 Å². The van der Waals surface area contributed by atoms with Crippen molar-refractivity contribution >= 4 is 28.4 Å². The van der Waals surface area contributed by atoms with E-state index in [1.54, 1.807) is 25.3 Å². The largest absolute Gasteiger partial charge is 0.495 e. The molecule has 0 saturated heterocycles. The van der Waals surface area contributed by atoms with E-state index in [9.17, 15) is 9.59 Å². The number of nitrogens with one attached hydrogen (secondary N) is 4. The molecule has 0 aliphatic heterocycles. The van der Waals surface area contributed by atoms with E-state index in [2.05, 4.69) is 26.4 Å². The average Bonchev–Trinajstić information content (AvgIpc) is 3.09. The van der Waals surface area contributed by atoms with Crippen LogP contribution in [0.25, 0.3) is 10.9 Å². The SMILES string of the molecule is COc1ccccc1NCC(=O)NNC(=O)c1n[nH]c2ccccc12. The maximum Gasteiger partial charge on any atom is 0.290 e. The van der Waals surface area contributed by atoms with Crippen LogP contribution in [0.5, 0.6) is 5.75 Å². The lowest BCUT2D eigenvalue weighted by Gasteiger charge is -2.11. The van der Waals surface area contributed by atoms with Gasteiger partial charge < -0.3 is 10.1 Å². The van der Waals surface area contributed by atoms with Gasteiger partial charge in [0, 0.05) is 5.39 Å². The monoisotopic (exact) mass is 339 g/mol. The smallest absolute Gasteiger partial charge is 0.290 e. The third-order valence-electron chi connectivity index (χ3n) is 3.55. The number of methoxy groups -OCH3 is 1. The lowest BCUT2D eigenvalue weighted by atomic mass is 10.2. The maximum atomic E-state index is 12.2. The van der Waals surface area contributed by atoms with Gasteiger partial charge in [-0.25, -0.2) is 0 Å². The fourth-order valence-electron chi connectivity index (χ4n) is 2.33. The van der Waals surface area contributed by atoms with Crippen LogP contribution < -0.4 is 20.9 Å². The first-order valence-electron chi connectivity index (χ1n) is 7.58. The lowest BCUT2D eigenvalue weighted by Crippen LogP contribution is -2.44. The van der Waals surface area contributed by atoms with Gasteiger partial charge in [-0.1, -0.05) is 30.3 Å². The molecule has 3 aromatic rings. The number of para-hydroxylation sites is 3. The molecule has 0 aliphatic rings. The van der Waals surface area contributed by atoms with Crippen molar-refractivity contribution in [2.75, 3.05) is 19.0 Å². The van der Waals surface area contributed by atoms with E-state index >= 15 is 0 Å². The molecular formula is C17H17N5O3. The number of benzene rings is 2. The Kier molecular flexibility index (Phi) is 4.79. The molecule has 8 heteroatoms. The number of amides is 2. The first-order chi connectivity index (χ1) is 12.2. The second-order valence-electron chi connectivity index (χ2n) is 5.17. The minimum absolute atomic E-state index is 0.0258. The van der Waals surface area contributed by atoms with E-state index in [1.165, 1.54) is 0 Å². The van der Waals surface area contributed by atoms with Gasteiger partial charge in [0.15, 0.2) is 5.69 Å². The molecule has 0 bridgehead atoms. The summed E-state index contributed by atoms with van der Waals surface area (Å²) >= 11 is 0. The van der Waals surface area contributed by atoms with Gasteiger partial charge in [0.2, 0.25) is 0 Å². The summed E-state index contributed by atoms with van der Waals surface area (Å²) in [7, 11) is 1.55. The number of rotatable bonds is 5. The minimum Gasteiger partial charge on any atom is -0.495 e. The van der Waals surface area contributed by atoms with Crippen molar-refractivity contribution in [1.82, 2.24) is 21.0 Å². The van der Waals surface area contributed by atoms with Crippen LogP contribution in [-0.2, 0) is 4.79 Å². The molecule has 0 radical (unpaired) electrons. The van der Waals surface area contributed by atoms with E-state index in [4.69, 9.17) is 4.74 Å². The number of carbonyl (C=O) groups is 2. The third-order valence-corrected chi connectivity index (χ3v) is 3.55. The molecule has 2 aromatic carbocycles. The maximum absolute atomic E-state index is 12.2. The molecule has 0 aliphatic carbocycles. The van der Waals surface area contributed by atoms with E-state index in [-0.39, 0.29) is 12.2 Å². The van der Waals surface area contributed by atoms with Gasteiger partial charge in [-0.15, -0.1) is 0 Å². The van der Waals surface area contributed by atoms with Crippen LogP contribution in [0.1, 0.15) is 10.5 Å². The number of nitrogens with zero attached hydrogens (tertiary/aromatic N) is 1. The Hall–Kier alpha value is -3.55. The van der Waals surface area contributed by atoms with Crippen molar-refractivity contribution in [3.8, 4) is 5.75 Å². The van der Waals surface area contributed by atoms with Crippen molar-refractivity contribution in [2.45, 2.75) is 0 Å². The standard InChI is InChI=1S/C17H17N5O3/c1-25-14-9-5-4-8-13(14)18-10-15(23)20-22-17(24)16-11-6-2-3-7-12(11)19-21-16/h2-9,18H,10H2,1H3,(H,19,21)(H,20,23)(H,22,24). The fraction of sp³-hybridized carbons (Fsp3) is 0.118. The fourth-order valence-corrected chi connectivity index (χ4v) is 2.33. The Balaban J connectivity index is 1.54. The van der Waals surface area contributed by atoms with E-state index in [0.717, 1.165) is 5.52 Å². The van der Waals surface area contributed by atoms with Crippen molar-refractivity contribution in [1.29, 1.82) is 0 Å². The Morgan fingerprint density at radius 2 is 1.84 bits per heavy atom. The van der Waals surface area contributed by atoms with Crippen molar-refractivity contribution in [2.24, 2.45) is 0 Å². The predicted octanol–water partition coefficient (Wildman–Crippen LogP) is 1.44. The number of carbonyl (C=O) groups excluding carboxylic acids is 2. The van der Waals surface area contributed by atoms with Crippen LogP contribution in [-0.4, -0.2) is 35.7 Å². The molecule has 4 N–H and O–H groups in total. The molecule has 25 heavy (non-hydrogen) atoms. The molecular weight excluding hydrogens is 322 g/mol. The normalized spacial score (nSPS) is 10.3. The molecule has 0 spiro atoms. The van der Waals surface area contributed by atoms with E-state index < -0.39 is 11.8 Å². The Labute approximate surface area is 143 Å². The van der Waals surface area contributed by atoms with Gasteiger partial charge in [0.25, 0.3) is 11.8 Å². The molecule has 8 nitrogen and oxygen atoms in total. The number of hydrogen-bond donors (Lipinski definition) is 4. The molecule has 1 heterocycles. The Morgan fingerprint density at radius 1 is 1.08 bits per heavy atom. The second kappa shape index (κ2) is 7.35. The number of ether oxygens (including phenoxy) is 1. The number of fused-ring (bicyclic) bond motifs is 1. The summed E-state index contributed by atoms with van der Waals surface area (Å²) in [5.74, 6) is -0.274. The average molecular weight is 339 g/mol. The zero-order valence-electron chi connectivity index (χ0n) is 13.5. The lowest BCUT2D eigenvalue weighted by molar-refractivity contribution is -0.120. The van der Waals surface area contributed by atoms with Gasteiger partial charge in [-0.3, -0.25) is 25.5 Å². The minimum atomic E-state index is -0.497. The van der Waals surface area contributed by atoms with E-state index in [0.29, 0.717) is 16.8 Å². The van der Waals surface area contributed by atoms with Crippen LogP contribution in [0.2, 0.25) is 0 Å². The third kappa shape index (κ3) is 3.69. The molecule has 0 fully saturated rings. The number of aromatic amines is 1. The number of hydrogen-bond acceptors (Lipinski definition) is 5. The number of H-pyrrole nitrogens is 1. The Morgan fingerprint density at radius 3 is 2.68 bits per heavy atom. The van der Waals surface area contributed by atoms with Gasteiger partial charge in [-0.2, -0.15) is 5.10 Å². The van der Waals surface area contributed by atoms with Crippen molar-refractivity contribution in [3.63, 3.8) is 0 Å². The summed E-state index contributed by atoms with van der Waals surface area (Å²) in [5.41, 5.74) is 6.35. The molecule has 0 atom stereocenters. The zero-order valence-corrected chi connectivity index (χ0v) is 13.5. The highest BCUT2D eigenvalue weighted by atomic mass is 16.5. The molecule has 1 aromatic heterocycles. The first kappa shape index (κ1) is 16.3. The summed E-state index contributed by atoms with van der Waals surface area (Å²) in [6.45, 7) is -0.0258. The second-order valence-corrected chi connectivity index (χ2v) is 5.17. The highest BCUT2D eigenvalue weighted by Crippen LogP contribution is 2.22. The van der Waals surface area contributed by atoms with Crippen molar-refractivity contribution in [3.05, 3.63) is 54.2 Å². The number of anilines is 1. The quantitative estimate of drug-likeness (QED) is 0.526. The number of hydrazine groups is 1. The topological polar surface area (TPSA) is 108 Å². The van der Waals surface area contributed by atoms with Gasteiger partial charge in [0.1, 0.15) is 5.75 Å². The number of aromatic nitrogens is 2. The predicted molar refractivity (Wildman–Crippen MR) is 93.2 cm³/mol. The van der Waals surface area contributed by atoms with Crippen LogP contribution in [0.15, 0.2) is 48.5 Å². The van der Waals surface area contributed by atoms with Crippen LogP contribution in [0, 0.1) is 0 Å². The molecule has 3 rings (SSSR count). The molecule has 128 valence electrons. The van der Waals surface area contributed by atoms with Crippen LogP contribution >= 0.6 is 0 Å². The summed E-state index contributed by atoms with van der Waals surface area (Å²) in [5, 5.41) is 10.4. The van der Waals surface area contributed by atoms with E-state index in [1.807, 2.05) is 30.3 Å². The van der Waals surface area contributed by atoms with Crippen LogP contribution in [0.3, 0.4) is 0 Å². The van der Waals surface area contributed by atoms with Gasteiger partial charge in [0.05, 0.1) is 24.9 Å².